The molecule has 0 aliphatic heterocycles. The topological polar surface area (TPSA) is 79.8 Å². The van der Waals surface area contributed by atoms with E-state index in [1.807, 2.05) is 0 Å². The van der Waals surface area contributed by atoms with Crippen molar-refractivity contribution >= 4 is 52.8 Å². The predicted molar refractivity (Wildman–Crippen MR) is 45.6 cm³/mol. The molecule has 0 heterocycles. The van der Waals surface area contributed by atoms with E-state index >= 15 is 0 Å². The van der Waals surface area contributed by atoms with Crippen LogP contribution in [0.2, 0.25) is 0 Å². The van der Waals surface area contributed by atoms with Gasteiger partial charge in [-0.3, -0.25) is 4.79 Å². The van der Waals surface area contributed by atoms with Gasteiger partial charge in [-0.05, 0) is 0 Å². The summed E-state index contributed by atoms with van der Waals surface area (Å²) in [6, 6.07) is 0. The van der Waals surface area contributed by atoms with Gasteiger partial charge in [0.15, 0.2) is 0 Å². The molecule has 71 valence electrons. The molecule has 5 nitrogen and oxygen atoms in total. The maximum Gasteiger partial charge on any atom is 0.450 e. The second-order valence-electron chi connectivity index (χ2n) is 1.74. The summed E-state index contributed by atoms with van der Waals surface area (Å²) in [6.07, 6.45) is 1.03. The van der Waals surface area contributed by atoms with Gasteiger partial charge in [-0.2, -0.15) is 4.79 Å². The summed E-state index contributed by atoms with van der Waals surface area (Å²) in [7, 11) is 0. The molecule has 0 aromatic carbocycles. The molecular weight excluding hydrogens is 242 g/mol. The van der Waals surface area contributed by atoms with Gasteiger partial charge in [0.05, 0.1) is 0 Å². The predicted octanol–water partition coefficient (Wildman–Crippen LogP) is 0.680. The van der Waals surface area contributed by atoms with Gasteiger partial charge in [-0.15, -0.1) is 0 Å². The van der Waals surface area contributed by atoms with Crippen LogP contribution in [0.15, 0.2) is 0 Å². The SMILES string of the molecule is [N-]=[N+]=C([C]=O)C(=O)OCC(Cl)(Cl)Cl. The maximum absolute atomic E-state index is 10.7. The Bertz CT molecular complexity index is 267. The number of halogens is 3. The lowest BCUT2D eigenvalue weighted by atomic mass is 10.4. The molecular formula is C5H2Cl3N2O3. The van der Waals surface area contributed by atoms with Gasteiger partial charge in [-0.25, -0.2) is 4.79 Å². The largest absolute Gasteiger partial charge is 0.452 e. The summed E-state index contributed by atoms with van der Waals surface area (Å²) in [4.78, 5) is 22.9. The van der Waals surface area contributed by atoms with E-state index in [0.29, 0.717) is 0 Å². The number of alkyl halides is 3. The smallest absolute Gasteiger partial charge is 0.450 e. The Morgan fingerprint density at radius 2 is 2.08 bits per heavy atom. The molecule has 0 atom stereocenters. The van der Waals surface area contributed by atoms with Crippen LogP contribution in [-0.2, 0) is 14.3 Å². The van der Waals surface area contributed by atoms with Crippen LogP contribution in [0, 0.1) is 0 Å². The summed E-state index contributed by atoms with van der Waals surface area (Å²) in [5, 5.41) is 0. The van der Waals surface area contributed by atoms with Gasteiger partial charge in [0.1, 0.15) is 6.61 Å². The molecule has 0 N–H and O–H groups in total. The summed E-state index contributed by atoms with van der Waals surface area (Å²) in [5.74, 6) is -1.22. The van der Waals surface area contributed by atoms with Gasteiger partial charge in [0, 0.05) is 0 Å². The van der Waals surface area contributed by atoms with Crippen LogP contribution < -0.4 is 0 Å². The lowest BCUT2D eigenvalue weighted by Gasteiger charge is -2.08. The molecule has 0 aromatic heterocycles. The molecule has 13 heavy (non-hydrogen) atoms. The van der Waals surface area contributed by atoms with Crippen molar-refractivity contribution in [3.05, 3.63) is 5.53 Å². The van der Waals surface area contributed by atoms with E-state index in [1.54, 1.807) is 0 Å². The molecule has 0 spiro atoms. The summed E-state index contributed by atoms with van der Waals surface area (Å²) in [5.41, 5.74) is 7.13. The monoisotopic (exact) mass is 243 g/mol. The van der Waals surface area contributed by atoms with Crippen LogP contribution >= 0.6 is 34.8 Å². The van der Waals surface area contributed by atoms with Gasteiger partial charge < -0.3 is 10.3 Å². The van der Waals surface area contributed by atoms with Gasteiger partial charge in [-0.1, -0.05) is 34.8 Å². The van der Waals surface area contributed by atoms with Crippen LogP contribution in [0.1, 0.15) is 0 Å². The zero-order valence-electron chi connectivity index (χ0n) is 5.96. The number of hydrogen-bond donors (Lipinski definition) is 0. The number of hydrogen-bond acceptors (Lipinski definition) is 3. The van der Waals surface area contributed by atoms with Crippen LogP contribution in [0.4, 0.5) is 0 Å². The second kappa shape index (κ2) is 5.19. The quantitative estimate of drug-likeness (QED) is 0.183. The van der Waals surface area contributed by atoms with E-state index in [1.165, 1.54) is 0 Å². The second-order valence-corrected chi connectivity index (χ2v) is 4.26. The zero-order valence-corrected chi connectivity index (χ0v) is 8.23. The van der Waals surface area contributed by atoms with Crippen molar-refractivity contribution < 1.29 is 19.1 Å². The zero-order chi connectivity index (χ0) is 10.5. The standard InChI is InChI=1S/C5H2Cl3N2O3/c6-5(7,8)2-13-4(12)3(1-11)10-9/h2H2. The molecule has 0 aliphatic rings. The number of ether oxygens (including phenoxy) is 1. The van der Waals surface area contributed by atoms with Crippen LogP contribution in [0.25, 0.3) is 5.53 Å². The first-order valence-electron chi connectivity index (χ1n) is 2.75. The van der Waals surface area contributed by atoms with Crippen LogP contribution in [0.5, 0.6) is 0 Å². The average Bonchev–Trinajstić information content (AvgIpc) is 2.02. The third kappa shape index (κ3) is 5.60. The molecule has 0 fully saturated rings. The van der Waals surface area contributed by atoms with Gasteiger partial charge in [0.2, 0.25) is 3.79 Å². The van der Waals surface area contributed by atoms with Gasteiger partial charge in [0.25, 0.3) is 0 Å². The number of rotatable bonds is 3. The lowest BCUT2D eigenvalue weighted by Crippen LogP contribution is -2.24. The van der Waals surface area contributed by atoms with E-state index in [0.717, 1.165) is 6.29 Å². The minimum atomic E-state index is -1.78. The highest BCUT2D eigenvalue weighted by molar-refractivity contribution is 6.67. The highest BCUT2D eigenvalue weighted by atomic mass is 35.6. The number of nitrogens with zero attached hydrogens (tertiary/aromatic N) is 2. The Morgan fingerprint density at radius 3 is 2.38 bits per heavy atom. The van der Waals surface area contributed by atoms with Crippen molar-refractivity contribution in [2.24, 2.45) is 0 Å². The molecule has 0 aliphatic carbocycles. The molecule has 8 heteroatoms. The Hall–Kier alpha value is -0.610. The van der Waals surface area contributed by atoms with Crippen molar-refractivity contribution in [2.45, 2.75) is 3.79 Å². The fourth-order valence-electron chi connectivity index (χ4n) is 0.319. The van der Waals surface area contributed by atoms with Crippen LogP contribution in [-0.4, -0.2) is 33.2 Å². The molecule has 0 rings (SSSR count). The number of esters is 1. The number of carbonyl (C=O) groups is 1. The minimum Gasteiger partial charge on any atom is -0.452 e. The first kappa shape index (κ1) is 12.4. The normalized spacial score (nSPS) is 10.1. The first-order chi connectivity index (χ1) is 5.90. The minimum absolute atomic E-state index is 0.558. The average molecular weight is 244 g/mol. The molecule has 0 bridgehead atoms. The summed E-state index contributed by atoms with van der Waals surface area (Å²) < 4.78 is 2.48. The van der Waals surface area contributed by atoms with Crippen molar-refractivity contribution in [1.29, 1.82) is 0 Å². The fourth-order valence-corrected chi connectivity index (χ4v) is 0.482. The first-order valence-corrected chi connectivity index (χ1v) is 3.88. The fraction of sp³-hybridized carbons (Fsp3) is 0.400. The Morgan fingerprint density at radius 1 is 1.54 bits per heavy atom. The van der Waals surface area contributed by atoms with Crippen LogP contribution in [0.3, 0.4) is 0 Å². The van der Waals surface area contributed by atoms with Crippen molar-refractivity contribution in [1.82, 2.24) is 0 Å². The van der Waals surface area contributed by atoms with E-state index < -0.39 is 22.1 Å². The van der Waals surface area contributed by atoms with E-state index in [9.17, 15) is 9.59 Å². The molecule has 0 saturated carbocycles. The maximum atomic E-state index is 10.7. The third-order valence-corrected chi connectivity index (χ3v) is 1.08. The highest BCUT2D eigenvalue weighted by Gasteiger charge is 2.28. The van der Waals surface area contributed by atoms with Crippen molar-refractivity contribution in [3.63, 3.8) is 0 Å². The Balaban J connectivity index is 4.18. The molecule has 0 aromatic rings. The van der Waals surface area contributed by atoms with Crippen molar-refractivity contribution in [2.75, 3.05) is 6.61 Å². The lowest BCUT2D eigenvalue weighted by molar-refractivity contribution is -0.139. The molecule has 0 amide bonds. The summed E-state index contributed by atoms with van der Waals surface area (Å²) >= 11 is 15.7. The Kier molecular flexibility index (Phi) is 4.95. The van der Waals surface area contributed by atoms with E-state index in [4.69, 9.17) is 40.3 Å². The third-order valence-electron chi connectivity index (χ3n) is 0.757. The van der Waals surface area contributed by atoms with E-state index in [2.05, 4.69) is 9.53 Å². The van der Waals surface area contributed by atoms with Crippen molar-refractivity contribution in [3.8, 4) is 0 Å². The Labute approximate surface area is 88.1 Å². The van der Waals surface area contributed by atoms with E-state index in [-0.39, 0.29) is 0 Å². The molecule has 0 saturated heterocycles. The van der Waals surface area contributed by atoms with Gasteiger partial charge >= 0.3 is 18.0 Å². The summed E-state index contributed by atoms with van der Waals surface area (Å²) in [6.45, 7) is -0.558. The molecule has 1 radical (unpaired) electrons. The molecule has 0 unspecified atom stereocenters. The highest BCUT2D eigenvalue weighted by Crippen LogP contribution is 2.25. The number of carbonyl (C=O) groups excluding carboxylic acids is 2.